The summed E-state index contributed by atoms with van der Waals surface area (Å²) >= 11 is 0. The van der Waals surface area contributed by atoms with Crippen LogP contribution in [0.5, 0.6) is 0 Å². The van der Waals surface area contributed by atoms with Gasteiger partial charge in [-0.2, -0.15) is 10.1 Å². The lowest BCUT2D eigenvalue weighted by atomic mass is 10.2. The third kappa shape index (κ3) is 2.61. The fourth-order valence-electron chi connectivity index (χ4n) is 2.20. The second kappa shape index (κ2) is 5.51. The van der Waals surface area contributed by atoms with Crippen molar-refractivity contribution >= 4 is 0 Å². The molecule has 2 aromatic heterocycles. The third-order valence-corrected chi connectivity index (χ3v) is 3.41. The average molecular weight is 276 g/mol. The number of hydrogen-bond acceptors (Lipinski definition) is 7. The Balaban J connectivity index is 1.78. The zero-order valence-electron chi connectivity index (χ0n) is 11.2. The van der Waals surface area contributed by atoms with Gasteiger partial charge in [0.2, 0.25) is 0 Å². The van der Waals surface area contributed by atoms with E-state index in [-0.39, 0.29) is 11.6 Å². The Morgan fingerprint density at radius 1 is 1.35 bits per heavy atom. The van der Waals surface area contributed by atoms with Gasteiger partial charge < -0.3 is 9.84 Å². The molecule has 1 aliphatic rings. The maximum absolute atomic E-state index is 11.0. The first-order chi connectivity index (χ1) is 9.74. The molecule has 1 fully saturated rings. The second-order valence-corrected chi connectivity index (χ2v) is 4.73. The van der Waals surface area contributed by atoms with Gasteiger partial charge in [-0.05, 0) is 13.0 Å². The fourth-order valence-corrected chi connectivity index (χ4v) is 2.20. The molecule has 106 valence electrons. The van der Waals surface area contributed by atoms with Crippen molar-refractivity contribution in [1.82, 2.24) is 30.6 Å². The molecule has 0 amide bonds. The molecule has 1 atom stereocenters. The lowest BCUT2D eigenvalue weighted by Gasteiger charge is -2.30. The molecule has 0 aliphatic carbocycles. The first-order valence-corrected chi connectivity index (χ1v) is 6.58. The van der Waals surface area contributed by atoms with Crippen molar-refractivity contribution in [2.24, 2.45) is 0 Å². The summed E-state index contributed by atoms with van der Waals surface area (Å²) < 4.78 is 5.21. The Hall–Kier alpha value is -2.06. The summed E-state index contributed by atoms with van der Waals surface area (Å²) in [6.45, 7) is 5.91. The molecular formula is C12H16N6O2. The van der Waals surface area contributed by atoms with Gasteiger partial charge in [-0.25, -0.2) is 5.10 Å². The largest absolute Gasteiger partial charge is 0.332 e. The molecule has 0 spiro atoms. The van der Waals surface area contributed by atoms with Crippen molar-refractivity contribution < 1.29 is 4.52 Å². The van der Waals surface area contributed by atoms with Crippen molar-refractivity contribution in [2.45, 2.75) is 13.0 Å². The fraction of sp³-hybridized carbons (Fsp3) is 0.500. The minimum absolute atomic E-state index is 0.0948. The van der Waals surface area contributed by atoms with Crippen LogP contribution >= 0.6 is 0 Å². The van der Waals surface area contributed by atoms with Gasteiger partial charge in [-0.3, -0.25) is 9.69 Å². The van der Waals surface area contributed by atoms with Crippen LogP contribution in [0.25, 0.3) is 11.6 Å². The number of nitrogens with zero attached hydrogens (tertiary/aromatic N) is 4. The van der Waals surface area contributed by atoms with E-state index in [2.05, 4.69) is 37.5 Å². The zero-order valence-corrected chi connectivity index (χ0v) is 11.2. The highest BCUT2D eigenvalue weighted by molar-refractivity contribution is 5.44. The van der Waals surface area contributed by atoms with Gasteiger partial charge in [0.25, 0.3) is 11.4 Å². The van der Waals surface area contributed by atoms with Gasteiger partial charge in [0.15, 0.2) is 5.82 Å². The topological polar surface area (TPSA) is 99.9 Å². The van der Waals surface area contributed by atoms with Crippen LogP contribution in [0.2, 0.25) is 0 Å². The van der Waals surface area contributed by atoms with E-state index < -0.39 is 0 Å². The summed E-state index contributed by atoms with van der Waals surface area (Å²) in [5.41, 5.74) is 0.207. The third-order valence-electron chi connectivity index (χ3n) is 3.41. The number of aromatic amines is 1. The van der Waals surface area contributed by atoms with Gasteiger partial charge in [0, 0.05) is 32.2 Å². The zero-order chi connectivity index (χ0) is 13.9. The van der Waals surface area contributed by atoms with Gasteiger partial charge in [0.1, 0.15) is 5.69 Å². The summed E-state index contributed by atoms with van der Waals surface area (Å²) in [4.78, 5) is 17.6. The second-order valence-electron chi connectivity index (χ2n) is 4.73. The summed E-state index contributed by atoms with van der Waals surface area (Å²) in [5.74, 6) is 0.952. The van der Waals surface area contributed by atoms with Crippen LogP contribution in [-0.4, -0.2) is 51.4 Å². The normalized spacial score (nSPS) is 18.1. The average Bonchev–Trinajstić information content (AvgIpc) is 2.98. The van der Waals surface area contributed by atoms with Crippen LogP contribution in [0.4, 0.5) is 0 Å². The lowest BCUT2D eigenvalue weighted by Crippen LogP contribution is -2.44. The number of nitrogens with one attached hydrogen (secondary N) is 2. The quantitative estimate of drug-likeness (QED) is 0.799. The van der Waals surface area contributed by atoms with Gasteiger partial charge in [-0.1, -0.05) is 5.16 Å². The molecule has 8 nitrogen and oxygen atoms in total. The molecule has 2 N–H and O–H groups in total. The van der Waals surface area contributed by atoms with E-state index in [4.69, 9.17) is 4.52 Å². The minimum Gasteiger partial charge on any atom is -0.332 e. The number of H-pyrrole nitrogens is 1. The van der Waals surface area contributed by atoms with Crippen molar-refractivity contribution in [1.29, 1.82) is 0 Å². The molecule has 0 radical (unpaired) electrons. The minimum atomic E-state index is -0.261. The van der Waals surface area contributed by atoms with E-state index in [1.54, 1.807) is 6.07 Å². The summed E-state index contributed by atoms with van der Waals surface area (Å²) in [6.07, 6.45) is 0. The Labute approximate surface area is 115 Å². The number of hydrogen-bond donors (Lipinski definition) is 2. The van der Waals surface area contributed by atoms with E-state index in [1.807, 2.05) is 0 Å². The standard InChI is InChI=1S/C12H16N6O2/c1-8(18-6-4-13-5-7-18)11-14-12(20-17-11)9-2-3-10(19)16-15-9/h2-3,8,13H,4-7H2,1H3,(H,16,19). The van der Waals surface area contributed by atoms with Crippen molar-refractivity contribution in [3.8, 4) is 11.6 Å². The predicted octanol–water partition coefficient (Wildman–Crippen LogP) is -0.214. The van der Waals surface area contributed by atoms with E-state index in [0.29, 0.717) is 17.4 Å². The Bertz CT molecular complexity index is 610. The molecule has 0 bridgehead atoms. The van der Waals surface area contributed by atoms with Gasteiger partial charge >= 0.3 is 0 Å². The van der Waals surface area contributed by atoms with Crippen molar-refractivity contribution in [3.63, 3.8) is 0 Å². The number of piperazine rings is 1. The Morgan fingerprint density at radius 3 is 2.85 bits per heavy atom. The summed E-state index contributed by atoms with van der Waals surface area (Å²) in [6, 6.07) is 3.04. The number of aromatic nitrogens is 4. The predicted molar refractivity (Wildman–Crippen MR) is 71.0 cm³/mol. The molecule has 8 heteroatoms. The molecule has 1 aliphatic heterocycles. The highest BCUT2D eigenvalue weighted by Gasteiger charge is 2.23. The van der Waals surface area contributed by atoms with E-state index >= 15 is 0 Å². The first-order valence-electron chi connectivity index (χ1n) is 6.58. The van der Waals surface area contributed by atoms with Gasteiger partial charge in [-0.15, -0.1) is 0 Å². The maximum Gasteiger partial charge on any atom is 0.278 e. The molecule has 0 aromatic carbocycles. The van der Waals surface area contributed by atoms with Crippen LogP contribution in [-0.2, 0) is 0 Å². The van der Waals surface area contributed by atoms with Crippen molar-refractivity contribution in [3.05, 3.63) is 28.3 Å². The van der Waals surface area contributed by atoms with E-state index in [9.17, 15) is 4.79 Å². The van der Waals surface area contributed by atoms with Crippen molar-refractivity contribution in [2.75, 3.05) is 26.2 Å². The van der Waals surface area contributed by atoms with Crippen LogP contribution in [0.1, 0.15) is 18.8 Å². The molecule has 2 aromatic rings. The first kappa shape index (κ1) is 12.9. The molecular weight excluding hydrogens is 260 g/mol. The Kier molecular flexibility index (Phi) is 3.57. The summed E-state index contributed by atoms with van der Waals surface area (Å²) in [5, 5.41) is 13.5. The highest BCUT2D eigenvalue weighted by Crippen LogP contribution is 2.20. The van der Waals surface area contributed by atoms with E-state index in [1.165, 1.54) is 6.07 Å². The lowest BCUT2D eigenvalue weighted by molar-refractivity contribution is 0.176. The highest BCUT2D eigenvalue weighted by atomic mass is 16.5. The molecule has 1 unspecified atom stereocenters. The summed E-state index contributed by atoms with van der Waals surface area (Å²) in [7, 11) is 0. The monoisotopic (exact) mass is 276 g/mol. The maximum atomic E-state index is 11.0. The van der Waals surface area contributed by atoms with Gasteiger partial charge in [0.05, 0.1) is 6.04 Å². The van der Waals surface area contributed by atoms with Crippen LogP contribution in [0.15, 0.2) is 21.5 Å². The molecule has 3 rings (SSSR count). The number of rotatable bonds is 3. The van der Waals surface area contributed by atoms with Crippen LogP contribution in [0.3, 0.4) is 0 Å². The van der Waals surface area contributed by atoms with Crippen LogP contribution < -0.4 is 10.9 Å². The SMILES string of the molecule is CC(c1noc(-c2ccc(=O)[nH]n2)n1)N1CCNCC1. The smallest absolute Gasteiger partial charge is 0.278 e. The molecule has 3 heterocycles. The molecule has 1 saturated heterocycles. The Morgan fingerprint density at radius 2 is 2.15 bits per heavy atom. The van der Waals surface area contributed by atoms with Crippen LogP contribution in [0, 0.1) is 0 Å². The van der Waals surface area contributed by atoms with E-state index in [0.717, 1.165) is 26.2 Å². The molecule has 20 heavy (non-hydrogen) atoms. The molecule has 0 saturated carbocycles.